The maximum Gasteiger partial charge on any atom is 0.210 e. The van der Waals surface area contributed by atoms with Gasteiger partial charge in [-0.3, -0.25) is 19.2 Å². The zero-order valence-electron chi connectivity index (χ0n) is 61.4. The van der Waals surface area contributed by atoms with Gasteiger partial charge in [0.1, 0.15) is 25.1 Å². The third-order valence-corrected chi connectivity index (χ3v) is 16.1. The van der Waals surface area contributed by atoms with Crippen LogP contribution in [0.15, 0.2) is 324 Å². The van der Waals surface area contributed by atoms with E-state index in [9.17, 15) is 27.6 Å². The number of sulfone groups is 1. The first-order chi connectivity index (χ1) is 45.6. The van der Waals surface area contributed by atoms with Gasteiger partial charge in [-0.05, 0) is 205 Å². The Morgan fingerprint density at radius 1 is 0.333 bits per heavy atom. The van der Waals surface area contributed by atoms with Crippen LogP contribution in [0.25, 0.3) is 10.2 Å². The number of thiazole rings is 1. The molecule has 0 unspecified atom stereocenters. The van der Waals surface area contributed by atoms with Crippen molar-refractivity contribution in [3.05, 3.63) is 320 Å². The van der Waals surface area contributed by atoms with E-state index in [4.69, 9.17) is 0 Å². The van der Waals surface area contributed by atoms with Crippen molar-refractivity contribution in [2.24, 2.45) is 0 Å². The smallest absolute Gasteiger partial charge is 0.210 e. The minimum absolute atomic E-state index is 0.0213. The predicted octanol–water partition coefficient (Wildman–Crippen LogP) is 24.4. The number of carbonyl (C=O) groups excluding carboxylic acids is 4. The summed E-state index contributed by atoms with van der Waals surface area (Å²) in [4.78, 5) is 45.3. The van der Waals surface area contributed by atoms with Gasteiger partial charge >= 0.3 is 0 Å². The number of carbonyl (C=O) groups is 4. The van der Waals surface area contributed by atoms with Gasteiger partial charge in [0.25, 0.3) is 0 Å². The minimum Gasteiger partial charge on any atom is -0.298 e. The summed E-state index contributed by atoms with van der Waals surface area (Å²) in [5, 5.41) is 0. The Labute approximate surface area is 585 Å². The van der Waals surface area contributed by atoms with Gasteiger partial charge in [-0.25, -0.2) is 13.4 Å². The van der Waals surface area contributed by atoms with Gasteiger partial charge in [-0.1, -0.05) is 286 Å². The van der Waals surface area contributed by atoms with Gasteiger partial charge in [0.2, 0.25) is 14.2 Å². The molecule has 1 aromatic carbocycles. The number of fused-ring (bicyclic) bond motifs is 1. The van der Waals surface area contributed by atoms with Crippen molar-refractivity contribution in [1.82, 2.24) is 4.98 Å². The second-order valence-electron chi connectivity index (χ2n) is 24.2. The van der Waals surface area contributed by atoms with Crippen LogP contribution in [0.2, 0.25) is 0 Å². The largest absolute Gasteiger partial charge is 0.298 e. The summed E-state index contributed by atoms with van der Waals surface area (Å²) in [5.74, 6) is 0.0213. The fourth-order valence-electron chi connectivity index (χ4n) is 7.21. The number of aromatic nitrogens is 1. The van der Waals surface area contributed by atoms with E-state index in [1.54, 1.807) is 70.2 Å². The van der Waals surface area contributed by atoms with Crippen LogP contribution in [0, 0.1) is 0 Å². The highest BCUT2D eigenvalue weighted by molar-refractivity contribution is 7.93. The average molecular weight is 1330 g/mol. The van der Waals surface area contributed by atoms with Gasteiger partial charge in [-0.15, -0.1) is 11.3 Å². The van der Waals surface area contributed by atoms with Crippen molar-refractivity contribution in [2.75, 3.05) is 5.75 Å². The molecular formula is C87H113NO6S2. The number of allylic oxidation sites excluding steroid dienone is 49. The monoisotopic (exact) mass is 1330 g/mol. The molecule has 9 heteroatoms. The zero-order valence-corrected chi connectivity index (χ0v) is 63.0. The van der Waals surface area contributed by atoms with Crippen LogP contribution in [-0.2, 0) is 29.0 Å². The van der Waals surface area contributed by atoms with Crippen LogP contribution >= 0.6 is 11.3 Å². The second-order valence-corrected chi connectivity index (χ2v) is 27.4. The van der Waals surface area contributed by atoms with E-state index in [1.807, 2.05) is 93.6 Å². The summed E-state index contributed by atoms with van der Waals surface area (Å²) >= 11 is 1.24. The van der Waals surface area contributed by atoms with Crippen LogP contribution in [0.1, 0.15) is 170 Å². The number of rotatable bonds is 34. The van der Waals surface area contributed by atoms with E-state index in [0.717, 1.165) is 90.6 Å². The molecule has 0 spiro atoms. The van der Waals surface area contributed by atoms with E-state index in [1.165, 1.54) is 61.5 Å². The number of benzene rings is 1. The molecule has 1 aromatic heterocycles. The Balaban J connectivity index is 0. The number of hydrogen-bond acceptors (Lipinski definition) is 8. The number of hydrogen-bond donors (Lipinski definition) is 0. The first-order valence-corrected chi connectivity index (χ1v) is 35.1. The van der Waals surface area contributed by atoms with Crippen LogP contribution in [0.4, 0.5) is 0 Å². The topological polar surface area (TPSA) is 115 Å². The minimum atomic E-state index is -3.34. The van der Waals surface area contributed by atoms with Crippen LogP contribution in [0.5, 0.6) is 0 Å². The van der Waals surface area contributed by atoms with Crippen LogP contribution in [-0.4, -0.2) is 44.3 Å². The molecular weight excluding hydrogens is 1220 g/mol. The molecule has 0 N–H and O–H groups in total. The standard InChI is InChI=1S/C40H56.C20H24O2.C17H21NO2S2.C10H12O2/c1-33(2)19-13-23-37(7)27-17-31-39(9)29-15-25-35(5)21-11-12-22-36(6)26-16-30-40(10)32-18-28-38(8)24-14-20-34(3)4;1-17(11-7-13-19(3)15-21)9-5-6-10-18(2)12-8-14-20(4)16-22;1-13(2)7-6-8-14(3)11-12-22(19,20)17-18-15-9-4-5-10-16(15)21-17;1-9(7-11)5-3-4-6-10(2)8-12/h11-12,15-22,25-32H,13-14,23-24H2,1-10H3;5-16H,1-4H3;4-5,7,9-11H,6,8,12H2,1-3H3;3-8H,1-2H3/b12-11+,25-15+,26-16+,31-17+,32-18+,35-21+,36-22+,37-27+,38-28+,39-29+,40-30+;6-5+,11-7+,12-8+,17-9+,18-10+,19-13+,20-14+;14-11+;4-3+,9-5+,10-6+. The van der Waals surface area contributed by atoms with Crippen LogP contribution < -0.4 is 0 Å². The van der Waals surface area contributed by atoms with E-state index >= 15 is 0 Å². The van der Waals surface area contributed by atoms with Crippen LogP contribution in [0.3, 0.4) is 0 Å². The number of aldehydes is 4. The van der Waals surface area contributed by atoms with Crippen molar-refractivity contribution < 1.29 is 27.6 Å². The van der Waals surface area contributed by atoms with Crippen molar-refractivity contribution in [3.63, 3.8) is 0 Å². The van der Waals surface area contributed by atoms with Gasteiger partial charge in [0.05, 0.1) is 16.0 Å². The summed E-state index contributed by atoms with van der Waals surface area (Å²) in [5.41, 5.74) is 18.5. The SMILES string of the molecule is CC(C)=CCC/C(C)=C/C=C/C(C)=C/C=C/C(C)=C/C=C/C=C(C)/C=C/C=C(C)/C=C/C=C(\C)CCC=C(C)C.CC(C)=CCC/C(C)=C/CS(=O)(=O)c1nc2ccccc2s1.C\C(C=O)=C/C=C/C(C)=C/C=C/C=C(C)/C=C/C=C(\C)C=O.C\C(C=O)=C/C=C/C=C(\C)C=O. The van der Waals surface area contributed by atoms with Crippen molar-refractivity contribution in [3.8, 4) is 0 Å². The van der Waals surface area contributed by atoms with E-state index < -0.39 is 9.84 Å². The first-order valence-electron chi connectivity index (χ1n) is 32.7. The molecule has 0 aliphatic rings. The molecule has 0 bridgehead atoms. The molecule has 0 atom stereocenters. The molecule has 2 rings (SSSR count). The quantitative estimate of drug-likeness (QED) is 0.0297. The molecule has 514 valence electrons. The summed E-state index contributed by atoms with van der Waals surface area (Å²) in [6.07, 6.45) is 78.2. The molecule has 96 heavy (non-hydrogen) atoms. The molecule has 1 heterocycles. The zero-order chi connectivity index (χ0) is 72.5. The van der Waals surface area contributed by atoms with Gasteiger partial charge in [0.15, 0.2) is 0 Å². The average Bonchev–Trinajstić information content (AvgIpc) is 1.67. The Bertz CT molecular complexity index is 3490. The maximum atomic E-state index is 12.4. The predicted molar refractivity (Wildman–Crippen MR) is 423 cm³/mol. The van der Waals surface area contributed by atoms with Crippen molar-refractivity contribution in [2.45, 2.75) is 174 Å². The van der Waals surface area contributed by atoms with E-state index in [-0.39, 0.29) is 10.1 Å². The fourth-order valence-corrected chi connectivity index (χ4v) is 9.77. The van der Waals surface area contributed by atoms with E-state index in [0.29, 0.717) is 22.3 Å². The third-order valence-electron chi connectivity index (χ3n) is 13.0. The lowest BCUT2D eigenvalue weighted by Gasteiger charge is -2.00. The second kappa shape index (κ2) is 56.6. The molecule has 0 amide bonds. The summed E-state index contributed by atoms with van der Waals surface area (Å²) in [6.45, 7) is 38.6. The summed E-state index contributed by atoms with van der Waals surface area (Å²) in [6, 6.07) is 7.49. The highest BCUT2D eigenvalue weighted by Gasteiger charge is 2.18. The Kier molecular flexibility index (Phi) is 52.6. The van der Waals surface area contributed by atoms with Gasteiger partial charge in [-0.2, -0.15) is 0 Å². The molecule has 0 saturated heterocycles. The molecule has 0 aliphatic carbocycles. The fraction of sp³-hybridized carbons (Fsp3) is 0.299. The molecule has 0 aliphatic heterocycles. The highest BCUT2D eigenvalue weighted by atomic mass is 32.2. The lowest BCUT2D eigenvalue weighted by atomic mass is 10.1. The Morgan fingerprint density at radius 2 is 0.594 bits per heavy atom. The summed E-state index contributed by atoms with van der Waals surface area (Å²) in [7, 11) is -3.34. The van der Waals surface area contributed by atoms with E-state index in [2.05, 4.69) is 204 Å². The third kappa shape index (κ3) is 54.6. The first kappa shape index (κ1) is 89.3. The molecule has 2 aromatic rings. The molecule has 0 fully saturated rings. The normalized spacial score (nSPS) is 14.3. The summed E-state index contributed by atoms with van der Waals surface area (Å²) < 4.78 is 25.9. The lowest BCUT2D eigenvalue weighted by molar-refractivity contribution is -0.105. The Hall–Kier alpha value is -8.76. The van der Waals surface area contributed by atoms with Gasteiger partial charge in [0, 0.05) is 0 Å². The maximum absolute atomic E-state index is 12.4. The molecule has 0 radical (unpaired) electrons. The Morgan fingerprint density at radius 3 is 0.885 bits per heavy atom. The molecule has 0 saturated carbocycles. The number of para-hydroxylation sites is 1. The van der Waals surface area contributed by atoms with Gasteiger partial charge < -0.3 is 0 Å². The highest BCUT2D eigenvalue weighted by Crippen LogP contribution is 2.26. The number of nitrogens with zero attached hydrogens (tertiary/aromatic N) is 1. The van der Waals surface area contributed by atoms with Crippen molar-refractivity contribution >= 4 is 56.5 Å². The lowest BCUT2D eigenvalue weighted by Crippen LogP contribution is -2.04. The van der Waals surface area contributed by atoms with Crippen molar-refractivity contribution in [1.29, 1.82) is 0 Å². The molecule has 7 nitrogen and oxygen atoms in total.